The largest absolute Gasteiger partial charge is 0.322 e. The third kappa shape index (κ3) is 3.97. The molecule has 138 valence electrons. The number of para-hydroxylation sites is 1. The predicted octanol–water partition coefficient (Wildman–Crippen LogP) is 3.77. The van der Waals surface area contributed by atoms with Crippen molar-refractivity contribution in [2.45, 2.75) is 30.2 Å². The number of rotatable bonds is 4. The SMILES string of the molecule is O=C(Nc1ccccc1F)C1CCCCN1S(=O)(=O)c1ccc(Br)cc1. The maximum absolute atomic E-state index is 13.8. The summed E-state index contributed by atoms with van der Waals surface area (Å²) >= 11 is 3.28. The molecule has 0 aromatic heterocycles. The lowest BCUT2D eigenvalue weighted by Crippen LogP contribution is -2.49. The van der Waals surface area contributed by atoms with Crippen molar-refractivity contribution in [3.63, 3.8) is 0 Å². The number of sulfonamides is 1. The van der Waals surface area contributed by atoms with Crippen molar-refractivity contribution < 1.29 is 17.6 Å². The number of carbonyl (C=O) groups excluding carboxylic acids is 1. The van der Waals surface area contributed by atoms with Crippen molar-refractivity contribution in [1.29, 1.82) is 0 Å². The van der Waals surface area contributed by atoms with E-state index in [-0.39, 0.29) is 17.1 Å². The topological polar surface area (TPSA) is 66.5 Å². The predicted molar refractivity (Wildman–Crippen MR) is 101 cm³/mol. The quantitative estimate of drug-likeness (QED) is 0.786. The molecule has 5 nitrogen and oxygen atoms in total. The van der Waals surface area contributed by atoms with E-state index >= 15 is 0 Å². The van der Waals surface area contributed by atoms with Crippen LogP contribution >= 0.6 is 15.9 Å². The van der Waals surface area contributed by atoms with Crippen LogP contribution in [-0.2, 0) is 14.8 Å². The molecule has 1 fully saturated rings. The molecule has 2 aromatic rings. The zero-order valence-electron chi connectivity index (χ0n) is 13.9. The normalized spacial score (nSPS) is 18.5. The van der Waals surface area contributed by atoms with Gasteiger partial charge < -0.3 is 5.32 Å². The van der Waals surface area contributed by atoms with Crippen molar-refractivity contribution in [3.8, 4) is 0 Å². The molecular formula is C18H18BrFN2O3S. The average molecular weight is 441 g/mol. The fourth-order valence-electron chi connectivity index (χ4n) is 2.98. The molecule has 0 saturated carbocycles. The van der Waals surface area contributed by atoms with Crippen molar-refractivity contribution >= 4 is 37.5 Å². The van der Waals surface area contributed by atoms with Gasteiger partial charge in [0.25, 0.3) is 0 Å². The highest BCUT2D eigenvalue weighted by Crippen LogP contribution is 2.27. The van der Waals surface area contributed by atoms with Crippen LogP contribution in [0.2, 0.25) is 0 Å². The van der Waals surface area contributed by atoms with Crippen LogP contribution in [0.25, 0.3) is 0 Å². The summed E-state index contributed by atoms with van der Waals surface area (Å²) in [6.45, 7) is 0.258. The van der Waals surface area contributed by atoms with Crippen LogP contribution < -0.4 is 5.32 Å². The second-order valence-electron chi connectivity index (χ2n) is 6.05. The Hall–Kier alpha value is -1.77. The lowest BCUT2D eigenvalue weighted by atomic mass is 10.0. The standard InChI is InChI=1S/C18H18BrFN2O3S/c19-13-8-10-14(11-9-13)26(24,25)22-12-4-3-7-17(22)18(23)21-16-6-2-1-5-15(16)20/h1-2,5-6,8-11,17H,3-4,7,12H2,(H,21,23). The second-order valence-corrected chi connectivity index (χ2v) is 8.86. The van der Waals surface area contributed by atoms with E-state index in [0.29, 0.717) is 12.8 Å². The minimum absolute atomic E-state index is 0.0454. The van der Waals surface area contributed by atoms with Gasteiger partial charge in [-0.05, 0) is 49.2 Å². The van der Waals surface area contributed by atoms with E-state index in [0.717, 1.165) is 10.9 Å². The van der Waals surface area contributed by atoms with E-state index in [1.807, 2.05) is 0 Å². The first-order valence-electron chi connectivity index (χ1n) is 8.22. The first-order chi connectivity index (χ1) is 12.4. The molecule has 1 amide bonds. The number of piperidine rings is 1. The van der Waals surface area contributed by atoms with Gasteiger partial charge in [0, 0.05) is 11.0 Å². The Kier molecular flexibility index (Phi) is 5.74. The summed E-state index contributed by atoms with van der Waals surface area (Å²) in [5, 5.41) is 2.52. The summed E-state index contributed by atoms with van der Waals surface area (Å²) in [6.07, 6.45) is 1.82. The van der Waals surface area contributed by atoms with Gasteiger partial charge >= 0.3 is 0 Å². The van der Waals surface area contributed by atoms with Crippen LogP contribution in [-0.4, -0.2) is 31.2 Å². The average Bonchev–Trinajstić information content (AvgIpc) is 2.64. The summed E-state index contributed by atoms with van der Waals surface area (Å²) in [6, 6.07) is 11.2. The Bertz CT molecular complexity index is 903. The molecule has 2 aromatic carbocycles. The molecule has 0 bridgehead atoms. The van der Waals surface area contributed by atoms with Crippen LogP contribution in [0, 0.1) is 5.82 Å². The van der Waals surface area contributed by atoms with Gasteiger partial charge in [0.15, 0.2) is 0 Å². The third-order valence-electron chi connectivity index (χ3n) is 4.31. The second kappa shape index (κ2) is 7.85. The molecule has 1 heterocycles. The summed E-state index contributed by atoms with van der Waals surface area (Å²) in [7, 11) is -3.82. The van der Waals surface area contributed by atoms with Crippen LogP contribution in [0.1, 0.15) is 19.3 Å². The smallest absolute Gasteiger partial charge is 0.243 e. The van der Waals surface area contributed by atoms with Gasteiger partial charge in [-0.1, -0.05) is 34.5 Å². The van der Waals surface area contributed by atoms with E-state index in [1.165, 1.54) is 34.6 Å². The molecule has 1 aliphatic rings. The molecule has 1 saturated heterocycles. The summed E-state index contributed by atoms with van der Waals surface area (Å²) < 4.78 is 41.8. The van der Waals surface area contributed by atoms with E-state index in [1.54, 1.807) is 18.2 Å². The maximum Gasteiger partial charge on any atom is 0.243 e. The fourth-order valence-corrected chi connectivity index (χ4v) is 4.90. The summed E-state index contributed by atoms with van der Waals surface area (Å²) in [5.41, 5.74) is 0.0454. The molecular weight excluding hydrogens is 423 g/mol. The highest BCUT2D eigenvalue weighted by Gasteiger charge is 2.37. The molecule has 1 N–H and O–H groups in total. The van der Waals surface area contributed by atoms with Gasteiger partial charge in [0.2, 0.25) is 15.9 Å². The zero-order valence-corrected chi connectivity index (χ0v) is 16.3. The van der Waals surface area contributed by atoms with Crippen LogP contribution in [0.5, 0.6) is 0 Å². The number of amides is 1. The molecule has 0 spiro atoms. The highest BCUT2D eigenvalue weighted by atomic mass is 79.9. The Labute approximate surface area is 160 Å². The molecule has 0 radical (unpaired) electrons. The Morgan fingerprint density at radius 1 is 1.12 bits per heavy atom. The molecule has 1 atom stereocenters. The van der Waals surface area contributed by atoms with Crippen molar-refractivity contribution in [2.75, 3.05) is 11.9 Å². The number of benzene rings is 2. The van der Waals surface area contributed by atoms with Gasteiger partial charge in [-0.15, -0.1) is 0 Å². The molecule has 8 heteroatoms. The van der Waals surface area contributed by atoms with E-state index in [2.05, 4.69) is 21.2 Å². The Balaban J connectivity index is 1.86. The van der Waals surface area contributed by atoms with Crippen LogP contribution in [0.3, 0.4) is 0 Å². The number of carbonyl (C=O) groups is 1. The van der Waals surface area contributed by atoms with Gasteiger partial charge in [0.05, 0.1) is 10.6 Å². The van der Waals surface area contributed by atoms with Crippen LogP contribution in [0.15, 0.2) is 57.9 Å². The number of nitrogens with zero attached hydrogens (tertiary/aromatic N) is 1. The van der Waals surface area contributed by atoms with E-state index in [4.69, 9.17) is 0 Å². The number of hydrogen-bond acceptors (Lipinski definition) is 3. The minimum Gasteiger partial charge on any atom is -0.322 e. The van der Waals surface area contributed by atoms with Gasteiger partial charge in [-0.3, -0.25) is 4.79 Å². The van der Waals surface area contributed by atoms with Gasteiger partial charge in [-0.2, -0.15) is 4.31 Å². The molecule has 3 rings (SSSR count). The fraction of sp³-hybridized carbons (Fsp3) is 0.278. The monoisotopic (exact) mass is 440 g/mol. The molecule has 1 aliphatic heterocycles. The third-order valence-corrected chi connectivity index (χ3v) is 6.76. The zero-order chi connectivity index (χ0) is 18.7. The minimum atomic E-state index is -3.82. The van der Waals surface area contributed by atoms with Crippen molar-refractivity contribution in [2.24, 2.45) is 0 Å². The molecule has 26 heavy (non-hydrogen) atoms. The Morgan fingerprint density at radius 2 is 1.81 bits per heavy atom. The number of nitrogens with one attached hydrogen (secondary N) is 1. The van der Waals surface area contributed by atoms with Crippen molar-refractivity contribution in [1.82, 2.24) is 4.31 Å². The van der Waals surface area contributed by atoms with Gasteiger partial charge in [0.1, 0.15) is 11.9 Å². The maximum atomic E-state index is 13.8. The van der Waals surface area contributed by atoms with E-state index < -0.39 is 27.8 Å². The lowest BCUT2D eigenvalue weighted by molar-refractivity contribution is -0.120. The Morgan fingerprint density at radius 3 is 2.50 bits per heavy atom. The number of anilines is 1. The van der Waals surface area contributed by atoms with Crippen molar-refractivity contribution in [3.05, 3.63) is 58.8 Å². The first kappa shape index (κ1) is 19.0. The lowest BCUT2D eigenvalue weighted by Gasteiger charge is -2.33. The van der Waals surface area contributed by atoms with Gasteiger partial charge in [-0.25, -0.2) is 12.8 Å². The summed E-state index contributed by atoms with van der Waals surface area (Å²) in [5.74, 6) is -1.07. The molecule has 0 aliphatic carbocycles. The molecule has 1 unspecified atom stereocenters. The number of hydrogen-bond donors (Lipinski definition) is 1. The summed E-state index contributed by atoms with van der Waals surface area (Å²) in [4.78, 5) is 12.8. The van der Waals surface area contributed by atoms with Crippen LogP contribution in [0.4, 0.5) is 10.1 Å². The van der Waals surface area contributed by atoms with E-state index in [9.17, 15) is 17.6 Å². The first-order valence-corrected chi connectivity index (χ1v) is 10.5. The number of halogens is 2. The highest BCUT2D eigenvalue weighted by molar-refractivity contribution is 9.10.